The summed E-state index contributed by atoms with van der Waals surface area (Å²) >= 11 is 1.35. The maximum atomic E-state index is 12.0. The average molecular weight is 317 g/mol. The number of carboxylic acids is 1. The van der Waals surface area contributed by atoms with Gasteiger partial charge in [0.25, 0.3) is 0 Å². The van der Waals surface area contributed by atoms with Crippen molar-refractivity contribution in [1.29, 1.82) is 0 Å². The van der Waals surface area contributed by atoms with Gasteiger partial charge in [-0.15, -0.1) is 0 Å². The van der Waals surface area contributed by atoms with Gasteiger partial charge in [-0.1, -0.05) is 11.8 Å². The van der Waals surface area contributed by atoms with Crippen LogP contribution < -0.4 is 5.73 Å². The molecule has 22 heavy (non-hydrogen) atoms. The van der Waals surface area contributed by atoms with E-state index in [9.17, 15) is 9.59 Å². The molecule has 3 N–H and O–H groups in total. The van der Waals surface area contributed by atoms with E-state index in [1.54, 1.807) is 37.3 Å². The first-order chi connectivity index (χ1) is 10.5. The highest BCUT2D eigenvalue weighted by Gasteiger charge is 2.14. The van der Waals surface area contributed by atoms with E-state index >= 15 is 0 Å². The van der Waals surface area contributed by atoms with Gasteiger partial charge in [0.15, 0.2) is 0 Å². The van der Waals surface area contributed by atoms with E-state index < -0.39 is 11.9 Å². The molecule has 0 aliphatic carbocycles. The molecule has 2 rings (SSSR count). The summed E-state index contributed by atoms with van der Waals surface area (Å²) < 4.78 is 5.03. The van der Waals surface area contributed by atoms with Gasteiger partial charge in [-0.05, 0) is 49.4 Å². The number of anilines is 1. The van der Waals surface area contributed by atoms with Crippen molar-refractivity contribution in [3.63, 3.8) is 0 Å². The number of carboxylic acid groups (broad SMARTS) is 1. The molecule has 2 aromatic rings. The van der Waals surface area contributed by atoms with Crippen LogP contribution in [-0.2, 0) is 4.74 Å². The fourth-order valence-electron chi connectivity index (χ4n) is 1.80. The van der Waals surface area contributed by atoms with Crippen LogP contribution in [0, 0.1) is 0 Å². The molecule has 6 heteroatoms. The summed E-state index contributed by atoms with van der Waals surface area (Å²) in [5, 5.41) is 8.89. The Bertz CT molecular complexity index is 698. The van der Waals surface area contributed by atoms with Crippen LogP contribution in [0.4, 0.5) is 5.69 Å². The maximum absolute atomic E-state index is 12.0. The zero-order valence-electron chi connectivity index (χ0n) is 11.9. The number of ether oxygens (including phenoxy) is 1. The van der Waals surface area contributed by atoms with E-state index in [1.807, 2.05) is 0 Å². The van der Waals surface area contributed by atoms with Crippen LogP contribution in [-0.4, -0.2) is 23.7 Å². The van der Waals surface area contributed by atoms with Crippen molar-refractivity contribution in [3.8, 4) is 0 Å². The van der Waals surface area contributed by atoms with Gasteiger partial charge in [0.2, 0.25) is 0 Å². The van der Waals surface area contributed by atoms with Crippen molar-refractivity contribution >= 4 is 29.4 Å². The predicted molar refractivity (Wildman–Crippen MR) is 84.3 cm³/mol. The Morgan fingerprint density at radius 2 is 1.86 bits per heavy atom. The number of nitrogen functional groups attached to an aromatic ring is 1. The fraction of sp³-hybridized carbons (Fsp3) is 0.125. The highest BCUT2D eigenvalue weighted by Crippen LogP contribution is 2.32. The van der Waals surface area contributed by atoms with E-state index in [0.29, 0.717) is 16.1 Å². The Labute approximate surface area is 132 Å². The van der Waals surface area contributed by atoms with Gasteiger partial charge in [0.1, 0.15) is 0 Å². The fourth-order valence-corrected chi connectivity index (χ4v) is 2.71. The number of esters is 1. The minimum atomic E-state index is -0.976. The number of benzene rings is 2. The lowest BCUT2D eigenvalue weighted by atomic mass is 10.2. The topological polar surface area (TPSA) is 89.6 Å². The molecule has 0 spiro atoms. The van der Waals surface area contributed by atoms with E-state index in [-0.39, 0.29) is 12.2 Å². The van der Waals surface area contributed by atoms with Crippen molar-refractivity contribution in [1.82, 2.24) is 0 Å². The summed E-state index contributed by atoms with van der Waals surface area (Å²) in [6, 6.07) is 11.5. The molecule has 114 valence electrons. The normalized spacial score (nSPS) is 10.2. The molecule has 0 unspecified atom stereocenters. The smallest absolute Gasteiger partial charge is 0.339 e. The van der Waals surface area contributed by atoms with Crippen LogP contribution >= 0.6 is 11.8 Å². The lowest BCUT2D eigenvalue weighted by molar-refractivity contribution is 0.0522. The molecule has 5 nitrogen and oxygen atoms in total. The van der Waals surface area contributed by atoms with E-state index in [1.165, 1.54) is 23.9 Å². The Morgan fingerprint density at radius 3 is 2.45 bits per heavy atom. The second-order valence-electron chi connectivity index (χ2n) is 4.41. The highest BCUT2D eigenvalue weighted by molar-refractivity contribution is 7.99. The second kappa shape index (κ2) is 7.00. The maximum Gasteiger partial charge on any atom is 0.339 e. The third-order valence-electron chi connectivity index (χ3n) is 2.83. The molecule has 2 aromatic carbocycles. The molecule has 0 heterocycles. The van der Waals surface area contributed by atoms with Crippen LogP contribution in [0.5, 0.6) is 0 Å². The monoisotopic (exact) mass is 317 g/mol. The minimum absolute atomic E-state index is 0.215. The van der Waals surface area contributed by atoms with Crippen molar-refractivity contribution < 1.29 is 19.4 Å². The third kappa shape index (κ3) is 3.79. The summed E-state index contributed by atoms with van der Waals surface area (Å²) in [5.41, 5.74) is 6.82. The molecule has 0 aliphatic heterocycles. The lowest BCUT2D eigenvalue weighted by Crippen LogP contribution is -2.07. The molecule has 0 aliphatic rings. The van der Waals surface area contributed by atoms with Gasteiger partial charge in [0.05, 0.1) is 17.7 Å². The first-order valence-electron chi connectivity index (χ1n) is 6.59. The molecule has 0 atom stereocenters. The minimum Gasteiger partial charge on any atom is -0.478 e. The first-order valence-corrected chi connectivity index (χ1v) is 7.40. The number of carbonyl (C=O) groups excluding carboxylic acids is 1. The second-order valence-corrected chi connectivity index (χ2v) is 5.52. The summed E-state index contributed by atoms with van der Waals surface area (Å²) in [5.74, 6) is -1.41. The van der Waals surface area contributed by atoms with E-state index in [0.717, 1.165) is 4.90 Å². The Morgan fingerprint density at radius 1 is 1.18 bits per heavy atom. The molecular weight excluding hydrogens is 302 g/mol. The zero-order valence-corrected chi connectivity index (χ0v) is 12.7. The van der Waals surface area contributed by atoms with Crippen LogP contribution in [0.15, 0.2) is 52.3 Å². The molecule has 0 fully saturated rings. The zero-order chi connectivity index (χ0) is 16.1. The molecule has 0 saturated heterocycles. The molecular formula is C16H15NO4S. The summed E-state index contributed by atoms with van der Waals surface area (Å²) in [6.07, 6.45) is 0. The average Bonchev–Trinajstić information content (AvgIpc) is 2.50. The SMILES string of the molecule is CCOC(=O)c1cc(N)ccc1Sc1ccc(C(=O)O)cc1. The number of rotatable bonds is 5. The number of hydrogen-bond acceptors (Lipinski definition) is 5. The molecule has 0 amide bonds. The Hall–Kier alpha value is -2.47. The molecule has 0 radical (unpaired) electrons. The summed E-state index contributed by atoms with van der Waals surface area (Å²) in [4.78, 5) is 24.3. The standard InChI is InChI=1S/C16H15NO4S/c1-2-21-16(20)13-9-11(17)5-8-14(13)22-12-6-3-10(4-7-12)15(18)19/h3-9H,2,17H2,1H3,(H,18,19). The van der Waals surface area contributed by atoms with Gasteiger partial charge in [-0.3, -0.25) is 0 Å². The van der Waals surface area contributed by atoms with Crippen LogP contribution in [0.25, 0.3) is 0 Å². The van der Waals surface area contributed by atoms with E-state index in [2.05, 4.69) is 0 Å². The van der Waals surface area contributed by atoms with Crippen LogP contribution in [0.1, 0.15) is 27.6 Å². The molecule has 0 bridgehead atoms. The highest BCUT2D eigenvalue weighted by atomic mass is 32.2. The van der Waals surface area contributed by atoms with Gasteiger partial charge in [-0.25, -0.2) is 9.59 Å². The van der Waals surface area contributed by atoms with Gasteiger partial charge >= 0.3 is 11.9 Å². The number of aromatic carboxylic acids is 1. The van der Waals surface area contributed by atoms with Crippen molar-refractivity contribution in [2.24, 2.45) is 0 Å². The van der Waals surface area contributed by atoms with Gasteiger partial charge < -0.3 is 15.6 Å². The molecule has 0 saturated carbocycles. The third-order valence-corrected chi connectivity index (χ3v) is 3.91. The quantitative estimate of drug-likeness (QED) is 0.649. The van der Waals surface area contributed by atoms with Gasteiger partial charge in [0, 0.05) is 15.5 Å². The summed E-state index contributed by atoms with van der Waals surface area (Å²) in [6.45, 7) is 2.02. The predicted octanol–water partition coefficient (Wildman–Crippen LogP) is 3.29. The van der Waals surface area contributed by atoms with Crippen molar-refractivity contribution in [3.05, 3.63) is 53.6 Å². The lowest BCUT2D eigenvalue weighted by Gasteiger charge is -2.09. The number of nitrogens with two attached hydrogens (primary N) is 1. The van der Waals surface area contributed by atoms with Crippen molar-refractivity contribution in [2.45, 2.75) is 16.7 Å². The van der Waals surface area contributed by atoms with Crippen LogP contribution in [0.2, 0.25) is 0 Å². The largest absolute Gasteiger partial charge is 0.478 e. The Kier molecular flexibility index (Phi) is 5.06. The summed E-state index contributed by atoms with van der Waals surface area (Å²) in [7, 11) is 0. The van der Waals surface area contributed by atoms with Gasteiger partial charge in [-0.2, -0.15) is 0 Å². The Balaban J connectivity index is 2.28. The van der Waals surface area contributed by atoms with Crippen LogP contribution in [0.3, 0.4) is 0 Å². The molecule has 0 aromatic heterocycles. The van der Waals surface area contributed by atoms with E-state index in [4.69, 9.17) is 15.6 Å². The first kappa shape index (κ1) is 15.9. The number of hydrogen-bond donors (Lipinski definition) is 2. The number of carbonyl (C=O) groups is 2. The van der Waals surface area contributed by atoms with Crippen molar-refractivity contribution in [2.75, 3.05) is 12.3 Å².